The van der Waals surface area contributed by atoms with E-state index in [2.05, 4.69) is 0 Å². The molecule has 0 amide bonds. The van der Waals surface area contributed by atoms with Crippen molar-refractivity contribution in [2.45, 2.75) is 5.25 Å². The summed E-state index contributed by atoms with van der Waals surface area (Å²) in [5.41, 5.74) is 5.08. The molecule has 0 aliphatic carbocycles. The van der Waals surface area contributed by atoms with E-state index < -0.39 is 9.84 Å². The molecule has 0 radical (unpaired) electrons. The van der Waals surface area contributed by atoms with Crippen molar-refractivity contribution in [1.29, 1.82) is 5.41 Å². The number of thioether (sulfide) groups is 1. The van der Waals surface area contributed by atoms with Crippen molar-refractivity contribution in [3.8, 4) is 0 Å². The van der Waals surface area contributed by atoms with E-state index in [0.717, 1.165) is 11.8 Å². The minimum absolute atomic E-state index is 0.0447. The predicted molar refractivity (Wildman–Crippen MR) is 46.2 cm³/mol. The zero-order valence-electron chi connectivity index (χ0n) is 5.65. The van der Waals surface area contributed by atoms with E-state index in [0.29, 0.717) is 0 Å². The van der Waals surface area contributed by atoms with Crippen LogP contribution in [0.25, 0.3) is 0 Å². The first-order chi connectivity index (χ1) is 4.99. The number of hydrogen-bond acceptors (Lipinski definition) is 4. The number of amidine groups is 1. The molecule has 0 aromatic heterocycles. The second kappa shape index (κ2) is 2.86. The highest BCUT2D eigenvalue weighted by molar-refractivity contribution is 8.15. The molecule has 62 valence electrons. The van der Waals surface area contributed by atoms with Gasteiger partial charge in [-0.2, -0.15) is 0 Å². The summed E-state index contributed by atoms with van der Waals surface area (Å²) in [7, 11) is -2.99. The smallest absolute Gasteiger partial charge is 0.172 e. The van der Waals surface area contributed by atoms with E-state index in [4.69, 9.17) is 11.1 Å². The van der Waals surface area contributed by atoms with E-state index in [-0.39, 0.29) is 16.2 Å². The zero-order valence-corrected chi connectivity index (χ0v) is 7.28. The fraction of sp³-hybridized carbons (Fsp3) is 0.400. The topological polar surface area (TPSA) is 84.0 Å². The summed E-state index contributed by atoms with van der Waals surface area (Å²) < 4.78 is 21.6. The van der Waals surface area contributed by atoms with Crippen molar-refractivity contribution < 1.29 is 8.42 Å². The average molecular weight is 192 g/mol. The Labute approximate surface area is 69.3 Å². The Bertz CT molecular complexity index is 294. The van der Waals surface area contributed by atoms with Crippen molar-refractivity contribution in [3.63, 3.8) is 0 Å². The molecular formula is C5H8N2O2S2. The Morgan fingerprint density at radius 3 is 2.73 bits per heavy atom. The summed E-state index contributed by atoms with van der Waals surface area (Å²) in [6.07, 6.45) is 1.56. The minimum atomic E-state index is -2.99. The van der Waals surface area contributed by atoms with Gasteiger partial charge in [-0.1, -0.05) is 17.8 Å². The lowest BCUT2D eigenvalue weighted by Crippen LogP contribution is -2.14. The molecule has 3 N–H and O–H groups in total. The Morgan fingerprint density at radius 2 is 2.36 bits per heavy atom. The summed E-state index contributed by atoms with van der Waals surface area (Å²) in [5.74, 6) is 0.0667. The van der Waals surface area contributed by atoms with E-state index >= 15 is 0 Å². The maximum Gasteiger partial charge on any atom is 0.172 e. The van der Waals surface area contributed by atoms with Crippen molar-refractivity contribution in [2.24, 2.45) is 5.73 Å². The van der Waals surface area contributed by atoms with Gasteiger partial charge >= 0.3 is 0 Å². The predicted octanol–water partition coefficient (Wildman–Crippen LogP) is -0.0762. The van der Waals surface area contributed by atoms with Gasteiger partial charge in [0, 0.05) is 10.7 Å². The van der Waals surface area contributed by atoms with Crippen LogP contribution in [0.3, 0.4) is 0 Å². The van der Waals surface area contributed by atoms with Gasteiger partial charge in [-0.25, -0.2) is 8.42 Å². The van der Waals surface area contributed by atoms with Crippen LogP contribution in [0.4, 0.5) is 0 Å². The molecule has 0 spiro atoms. The first-order valence-corrected chi connectivity index (χ1v) is 5.51. The van der Waals surface area contributed by atoms with Crippen molar-refractivity contribution >= 4 is 26.8 Å². The zero-order chi connectivity index (χ0) is 8.48. The standard InChI is InChI=1S/C5H8N2O2S2/c6-5(7)10-4-1-2-11(8,9)3-4/h1-2,4H,3H2,(H3,6,7)/t4-/m1/s1. The van der Waals surface area contributed by atoms with Crippen LogP contribution in [0, 0.1) is 5.41 Å². The molecule has 6 heteroatoms. The fourth-order valence-electron chi connectivity index (χ4n) is 0.784. The molecule has 0 saturated carbocycles. The number of hydrogen-bond donors (Lipinski definition) is 2. The molecular weight excluding hydrogens is 184 g/mol. The van der Waals surface area contributed by atoms with E-state index in [9.17, 15) is 8.42 Å². The highest BCUT2D eigenvalue weighted by atomic mass is 32.2. The van der Waals surface area contributed by atoms with Gasteiger partial charge in [0.15, 0.2) is 15.0 Å². The summed E-state index contributed by atoms with van der Waals surface area (Å²) in [5, 5.41) is 7.86. The van der Waals surface area contributed by atoms with Crippen LogP contribution in [0.15, 0.2) is 11.5 Å². The normalized spacial score (nSPS) is 27.1. The van der Waals surface area contributed by atoms with Gasteiger partial charge in [-0.15, -0.1) is 0 Å². The second-order valence-corrected chi connectivity index (χ2v) is 5.39. The first kappa shape index (κ1) is 8.61. The Morgan fingerprint density at radius 1 is 1.73 bits per heavy atom. The molecule has 1 aliphatic rings. The van der Waals surface area contributed by atoms with E-state index in [1.54, 1.807) is 6.08 Å². The monoisotopic (exact) mass is 192 g/mol. The molecule has 1 aliphatic heterocycles. The van der Waals surface area contributed by atoms with E-state index in [1.807, 2.05) is 0 Å². The molecule has 0 aromatic rings. The quantitative estimate of drug-likeness (QED) is 0.449. The fourth-order valence-corrected chi connectivity index (χ4v) is 3.32. The van der Waals surface area contributed by atoms with Gasteiger partial charge < -0.3 is 5.73 Å². The molecule has 0 aromatic carbocycles. The van der Waals surface area contributed by atoms with Crippen LogP contribution in [-0.4, -0.2) is 24.6 Å². The van der Waals surface area contributed by atoms with Crippen LogP contribution in [0.2, 0.25) is 0 Å². The van der Waals surface area contributed by atoms with Crippen LogP contribution in [0.5, 0.6) is 0 Å². The maximum absolute atomic E-state index is 10.8. The molecule has 1 heterocycles. The van der Waals surface area contributed by atoms with Crippen molar-refractivity contribution in [1.82, 2.24) is 0 Å². The maximum atomic E-state index is 10.8. The third-order valence-corrected chi connectivity index (χ3v) is 3.66. The Balaban J connectivity index is 2.58. The average Bonchev–Trinajstić information content (AvgIpc) is 2.08. The SMILES string of the molecule is N=C(N)S[C@@H]1C=CS(=O)(=O)C1. The van der Waals surface area contributed by atoms with Crippen LogP contribution < -0.4 is 5.73 Å². The Hall–Kier alpha value is -0.490. The second-order valence-electron chi connectivity index (χ2n) is 2.18. The van der Waals surface area contributed by atoms with Crippen LogP contribution >= 0.6 is 11.8 Å². The lowest BCUT2D eigenvalue weighted by Gasteiger charge is -2.02. The molecule has 1 rings (SSSR count). The molecule has 0 fully saturated rings. The van der Waals surface area contributed by atoms with Gasteiger partial charge in [0.25, 0.3) is 0 Å². The van der Waals surface area contributed by atoms with Gasteiger partial charge in [-0.3, -0.25) is 5.41 Å². The van der Waals surface area contributed by atoms with Crippen molar-refractivity contribution in [2.75, 3.05) is 5.75 Å². The van der Waals surface area contributed by atoms with Crippen LogP contribution in [-0.2, 0) is 9.84 Å². The van der Waals surface area contributed by atoms with Gasteiger partial charge in [0.2, 0.25) is 0 Å². The minimum Gasteiger partial charge on any atom is -0.379 e. The molecule has 1 atom stereocenters. The molecule has 0 unspecified atom stereocenters. The Kier molecular flexibility index (Phi) is 2.24. The van der Waals surface area contributed by atoms with Crippen LogP contribution in [0.1, 0.15) is 0 Å². The largest absolute Gasteiger partial charge is 0.379 e. The van der Waals surface area contributed by atoms with Gasteiger partial charge in [0.1, 0.15) is 0 Å². The van der Waals surface area contributed by atoms with Gasteiger partial charge in [0.05, 0.1) is 5.75 Å². The summed E-state index contributed by atoms with van der Waals surface area (Å²) in [6.45, 7) is 0. The summed E-state index contributed by atoms with van der Waals surface area (Å²) in [6, 6.07) is 0. The molecule has 11 heavy (non-hydrogen) atoms. The molecule has 4 nitrogen and oxygen atoms in total. The third-order valence-electron chi connectivity index (χ3n) is 1.18. The number of nitrogens with one attached hydrogen (secondary N) is 1. The lowest BCUT2D eigenvalue weighted by molar-refractivity contribution is 0.606. The molecule has 0 saturated heterocycles. The summed E-state index contributed by atoms with van der Waals surface area (Å²) >= 11 is 1.06. The lowest BCUT2D eigenvalue weighted by atomic mass is 10.5. The van der Waals surface area contributed by atoms with E-state index in [1.165, 1.54) is 5.41 Å². The summed E-state index contributed by atoms with van der Waals surface area (Å²) in [4.78, 5) is 0. The number of rotatable bonds is 1. The number of nitrogens with two attached hydrogens (primary N) is 1. The highest BCUT2D eigenvalue weighted by Gasteiger charge is 2.22. The van der Waals surface area contributed by atoms with Crippen molar-refractivity contribution in [3.05, 3.63) is 11.5 Å². The molecule has 0 bridgehead atoms. The first-order valence-electron chi connectivity index (χ1n) is 2.91. The number of sulfone groups is 1. The highest BCUT2D eigenvalue weighted by Crippen LogP contribution is 2.20. The van der Waals surface area contributed by atoms with Gasteiger partial charge in [-0.05, 0) is 0 Å². The third kappa shape index (κ3) is 2.55.